The highest BCUT2D eigenvalue weighted by atomic mass is 14.3. The number of fused-ring (bicyclic) bond motifs is 2. The molecule has 0 spiro atoms. The van der Waals surface area contributed by atoms with Crippen LogP contribution in [0.25, 0.3) is 11.1 Å². The van der Waals surface area contributed by atoms with Crippen molar-refractivity contribution >= 4 is 11.1 Å². The average Bonchev–Trinajstić information content (AvgIpc) is 3.55. The minimum atomic E-state index is 0.401. The second kappa shape index (κ2) is 7.29. The van der Waals surface area contributed by atoms with Crippen LogP contribution in [0.5, 0.6) is 0 Å². The molecule has 4 aliphatic rings. The lowest BCUT2D eigenvalue weighted by Gasteiger charge is -2.25. The summed E-state index contributed by atoms with van der Waals surface area (Å²) in [6.07, 6.45) is 24.1. The van der Waals surface area contributed by atoms with Gasteiger partial charge in [0.15, 0.2) is 0 Å². The zero-order valence-corrected chi connectivity index (χ0v) is 17.3. The highest BCUT2D eigenvalue weighted by Gasteiger charge is 2.26. The fourth-order valence-electron chi connectivity index (χ4n) is 5.35. The van der Waals surface area contributed by atoms with E-state index in [1.807, 2.05) is 0 Å². The standard InChI is InChI=1S/C30H26/c1-2-6-22(5-1)24-13-11-21(12-14-24)19-26-17-18-29(30-10-4-9-28(26)30)27-16-15-23-7-3-8-25(23)20-27/h1-2,4-5,9-18,20,30H,3,6-8,19H2. The molecule has 0 N–H and O–H groups in total. The molecule has 6 rings (SSSR count). The Labute approximate surface area is 179 Å². The Morgan fingerprint density at radius 3 is 2.47 bits per heavy atom. The molecule has 0 saturated heterocycles. The van der Waals surface area contributed by atoms with Crippen LogP contribution < -0.4 is 0 Å². The molecule has 0 saturated carbocycles. The van der Waals surface area contributed by atoms with Gasteiger partial charge in [-0.15, -0.1) is 0 Å². The number of benzene rings is 2. The third-order valence-corrected chi connectivity index (χ3v) is 7.01. The first-order valence-electron chi connectivity index (χ1n) is 11.2. The van der Waals surface area contributed by atoms with Crippen molar-refractivity contribution in [2.75, 3.05) is 0 Å². The quantitative estimate of drug-likeness (QED) is 0.521. The summed E-state index contributed by atoms with van der Waals surface area (Å²) in [5.74, 6) is 0.401. The van der Waals surface area contributed by atoms with Gasteiger partial charge in [0.1, 0.15) is 0 Å². The van der Waals surface area contributed by atoms with Crippen LogP contribution in [0.3, 0.4) is 0 Å². The number of rotatable bonds is 4. The highest BCUT2D eigenvalue weighted by molar-refractivity contribution is 5.79. The first-order valence-corrected chi connectivity index (χ1v) is 11.2. The highest BCUT2D eigenvalue weighted by Crippen LogP contribution is 2.42. The van der Waals surface area contributed by atoms with Crippen molar-refractivity contribution in [3.8, 4) is 0 Å². The van der Waals surface area contributed by atoms with Gasteiger partial charge in [0.2, 0.25) is 0 Å². The normalized spacial score (nSPS) is 21.1. The number of hydrogen-bond donors (Lipinski definition) is 0. The van der Waals surface area contributed by atoms with Crippen molar-refractivity contribution in [2.24, 2.45) is 5.92 Å². The summed E-state index contributed by atoms with van der Waals surface area (Å²) in [6.45, 7) is 0. The van der Waals surface area contributed by atoms with E-state index < -0.39 is 0 Å². The van der Waals surface area contributed by atoms with Crippen LogP contribution in [0, 0.1) is 5.92 Å². The maximum atomic E-state index is 2.45. The van der Waals surface area contributed by atoms with Crippen LogP contribution in [0.1, 0.15) is 40.7 Å². The molecule has 4 aliphatic carbocycles. The Hall–Kier alpha value is -3.12. The van der Waals surface area contributed by atoms with Gasteiger partial charge in [-0.2, -0.15) is 0 Å². The number of hydrogen-bond acceptors (Lipinski definition) is 0. The summed E-state index contributed by atoms with van der Waals surface area (Å²) in [5, 5.41) is 0. The van der Waals surface area contributed by atoms with Gasteiger partial charge in [-0.25, -0.2) is 0 Å². The van der Waals surface area contributed by atoms with Crippen molar-refractivity contribution in [1.82, 2.24) is 0 Å². The van der Waals surface area contributed by atoms with E-state index in [9.17, 15) is 0 Å². The monoisotopic (exact) mass is 386 g/mol. The van der Waals surface area contributed by atoms with E-state index in [-0.39, 0.29) is 0 Å². The summed E-state index contributed by atoms with van der Waals surface area (Å²) in [6, 6.07) is 16.3. The van der Waals surface area contributed by atoms with Crippen molar-refractivity contribution in [3.63, 3.8) is 0 Å². The molecule has 1 unspecified atom stereocenters. The fourth-order valence-corrected chi connectivity index (χ4v) is 5.35. The van der Waals surface area contributed by atoms with Gasteiger partial charge >= 0.3 is 0 Å². The van der Waals surface area contributed by atoms with Gasteiger partial charge in [0, 0.05) is 5.92 Å². The van der Waals surface area contributed by atoms with Gasteiger partial charge in [-0.1, -0.05) is 91.1 Å². The third kappa shape index (κ3) is 3.08. The Balaban J connectivity index is 1.27. The summed E-state index contributed by atoms with van der Waals surface area (Å²) >= 11 is 0. The second-order valence-corrected chi connectivity index (χ2v) is 8.83. The largest absolute Gasteiger partial charge is 0.0801 e. The summed E-state index contributed by atoms with van der Waals surface area (Å²) in [7, 11) is 0. The van der Waals surface area contributed by atoms with Crippen LogP contribution in [-0.2, 0) is 19.3 Å². The van der Waals surface area contributed by atoms with Crippen molar-refractivity contribution < 1.29 is 0 Å². The molecule has 0 nitrogen and oxygen atoms in total. The molecule has 146 valence electrons. The average molecular weight is 387 g/mol. The maximum absolute atomic E-state index is 2.45. The minimum Gasteiger partial charge on any atom is -0.0801 e. The first kappa shape index (κ1) is 17.7. The Morgan fingerprint density at radius 1 is 0.733 bits per heavy atom. The van der Waals surface area contributed by atoms with E-state index >= 15 is 0 Å². The van der Waals surface area contributed by atoms with Crippen molar-refractivity contribution in [2.45, 2.75) is 32.1 Å². The molecular weight excluding hydrogens is 360 g/mol. The molecule has 0 aromatic heterocycles. The Morgan fingerprint density at radius 2 is 1.60 bits per heavy atom. The molecule has 2 aromatic rings. The van der Waals surface area contributed by atoms with Gasteiger partial charge in [0.05, 0.1) is 0 Å². The van der Waals surface area contributed by atoms with Gasteiger partial charge < -0.3 is 0 Å². The lowest BCUT2D eigenvalue weighted by Crippen LogP contribution is -2.10. The predicted octanol–water partition coefficient (Wildman–Crippen LogP) is 7.20. The zero-order valence-electron chi connectivity index (χ0n) is 17.3. The van der Waals surface area contributed by atoms with E-state index in [4.69, 9.17) is 0 Å². The van der Waals surface area contributed by atoms with E-state index in [1.165, 1.54) is 58.2 Å². The summed E-state index contributed by atoms with van der Waals surface area (Å²) < 4.78 is 0. The lowest BCUT2D eigenvalue weighted by molar-refractivity contribution is 0.911. The van der Waals surface area contributed by atoms with E-state index in [1.54, 1.807) is 11.1 Å². The molecule has 0 fully saturated rings. The molecule has 0 amide bonds. The Kier molecular flexibility index (Phi) is 4.30. The van der Waals surface area contributed by atoms with E-state index in [0.717, 1.165) is 12.8 Å². The predicted molar refractivity (Wildman–Crippen MR) is 127 cm³/mol. The Bertz CT molecular complexity index is 1190. The first-order chi connectivity index (χ1) is 14.8. The van der Waals surface area contributed by atoms with Crippen LogP contribution in [-0.4, -0.2) is 0 Å². The molecule has 0 aliphatic heterocycles. The molecule has 1 atom stereocenters. The number of aryl methyl sites for hydroxylation is 2. The van der Waals surface area contributed by atoms with Crippen LogP contribution in [0.15, 0.2) is 102 Å². The van der Waals surface area contributed by atoms with Crippen LogP contribution in [0.4, 0.5) is 0 Å². The van der Waals surface area contributed by atoms with Crippen LogP contribution >= 0.6 is 0 Å². The van der Waals surface area contributed by atoms with E-state index in [0.29, 0.717) is 5.92 Å². The fraction of sp³-hybridized carbons (Fsp3) is 0.200. The molecule has 0 bridgehead atoms. The smallest absolute Gasteiger partial charge is 0.0281 e. The molecule has 0 radical (unpaired) electrons. The second-order valence-electron chi connectivity index (χ2n) is 8.83. The minimum absolute atomic E-state index is 0.401. The van der Waals surface area contributed by atoms with Crippen molar-refractivity contribution in [1.29, 1.82) is 0 Å². The van der Waals surface area contributed by atoms with Gasteiger partial charge in [-0.05, 0) is 82.2 Å². The molecule has 0 heterocycles. The molecule has 2 aromatic carbocycles. The molecular formula is C30H26. The zero-order chi connectivity index (χ0) is 19.9. The molecule has 0 heteroatoms. The van der Waals surface area contributed by atoms with E-state index in [2.05, 4.69) is 91.1 Å². The van der Waals surface area contributed by atoms with Crippen molar-refractivity contribution in [3.05, 3.63) is 130 Å². The van der Waals surface area contributed by atoms with Crippen LogP contribution in [0.2, 0.25) is 0 Å². The van der Waals surface area contributed by atoms with Gasteiger partial charge in [0.25, 0.3) is 0 Å². The third-order valence-electron chi connectivity index (χ3n) is 7.01. The van der Waals surface area contributed by atoms with Gasteiger partial charge in [-0.3, -0.25) is 0 Å². The molecule has 30 heavy (non-hydrogen) atoms. The number of allylic oxidation sites excluding steroid dienone is 12. The SMILES string of the molecule is C1=CCC(c2ccc(CC3=CC=C(c4ccc5c(c4)CCC5)C4C=CC=C34)cc2)=C1. The summed E-state index contributed by atoms with van der Waals surface area (Å²) in [5.41, 5.74) is 13.0. The topological polar surface area (TPSA) is 0 Å². The lowest BCUT2D eigenvalue weighted by atomic mass is 9.79. The summed E-state index contributed by atoms with van der Waals surface area (Å²) in [4.78, 5) is 0. The maximum Gasteiger partial charge on any atom is 0.0281 e.